The number of amides is 1. The van der Waals surface area contributed by atoms with Crippen LogP contribution < -0.4 is 5.32 Å². The molecule has 100 valence electrons. The molecule has 0 spiro atoms. The lowest BCUT2D eigenvalue weighted by molar-refractivity contribution is 0.0945. The predicted octanol–water partition coefficient (Wildman–Crippen LogP) is 1.12. The van der Waals surface area contributed by atoms with Gasteiger partial charge in [0.15, 0.2) is 0 Å². The largest absolute Gasteiger partial charge is 0.343 e. The molecule has 2 heterocycles. The monoisotopic (exact) mass is 268 g/mol. The maximum atomic E-state index is 11.9. The zero-order valence-corrected chi connectivity index (χ0v) is 10.5. The van der Waals surface area contributed by atoms with E-state index in [9.17, 15) is 4.79 Å². The highest BCUT2D eigenvalue weighted by atomic mass is 16.1. The molecule has 3 aromatic rings. The van der Waals surface area contributed by atoms with Gasteiger partial charge in [0.1, 0.15) is 17.8 Å². The minimum absolute atomic E-state index is 0.240. The maximum absolute atomic E-state index is 11.9. The van der Waals surface area contributed by atoms with Gasteiger partial charge in [-0.25, -0.2) is 4.98 Å². The molecule has 0 aliphatic heterocycles. The Balaban J connectivity index is 1.69. The van der Waals surface area contributed by atoms with E-state index in [-0.39, 0.29) is 5.91 Å². The Kier molecular flexibility index (Phi) is 3.24. The van der Waals surface area contributed by atoms with E-state index in [1.807, 2.05) is 30.3 Å². The molecule has 20 heavy (non-hydrogen) atoms. The van der Waals surface area contributed by atoms with Crippen LogP contribution in [0.2, 0.25) is 0 Å². The van der Waals surface area contributed by atoms with Crippen molar-refractivity contribution in [2.45, 2.75) is 6.54 Å². The molecule has 0 atom stereocenters. The third kappa shape index (κ3) is 2.56. The summed E-state index contributed by atoms with van der Waals surface area (Å²) < 4.78 is 0. The van der Waals surface area contributed by atoms with Crippen LogP contribution in [-0.4, -0.2) is 31.3 Å². The number of aromatic nitrogens is 5. The third-order valence-corrected chi connectivity index (χ3v) is 2.77. The molecule has 0 unspecified atom stereocenters. The van der Waals surface area contributed by atoms with Crippen LogP contribution in [0, 0.1) is 0 Å². The highest BCUT2D eigenvalue weighted by molar-refractivity contribution is 5.93. The number of nitrogens with one attached hydrogen (secondary N) is 3. The molecule has 3 N–H and O–H groups in total. The van der Waals surface area contributed by atoms with Crippen molar-refractivity contribution >= 4 is 5.91 Å². The third-order valence-electron chi connectivity index (χ3n) is 2.77. The first-order chi connectivity index (χ1) is 9.83. The van der Waals surface area contributed by atoms with Gasteiger partial charge in [0, 0.05) is 5.56 Å². The van der Waals surface area contributed by atoms with E-state index < -0.39 is 0 Å². The van der Waals surface area contributed by atoms with Crippen molar-refractivity contribution in [1.29, 1.82) is 0 Å². The summed E-state index contributed by atoms with van der Waals surface area (Å²) in [6, 6.07) is 11.4. The number of hydrogen-bond acceptors (Lipinski definition) is 4. The molecule has 0 radical (unpaired) electrons. The van der Waals surface area contributed by atoms with Gasteiger partial charge in [0.2, 0.25) is 0 Å². The molecule has 1 aromatic carbocycles. The van der Waals surface area contributed by atoms with Crippen molar-refractivity contribution in [2.75, 3.05) is 0 Å². The van der Waals surface area contributed by atoms with Gasteiger partial charge >= 0.3 is 0 Å². The summed E-state index contributed by atoms with van der Waals surface area (Å²) in [7, 11) is 0. The molecule has 7 nitrogen and oxygen atoms in total. The highest BCUT2D eigenvalue weighted by Crippen LogP contribution is 2.16. The standard InChI is InChI=1S/C13H12N6O/c20-13(14-7-12-15-8-16-19-12)11-6-10(17-18-11)9-4-2-1-3-5-9/h1-6,8H,7H2,(H,14,20)(H,17,18)(H,15,16,19). The molecule has 2 aromatic heterocycles. The summed E-state index contributed by atoms with van der Waals surface area (Å²) in [4.78, 5) is 15.9. The lowest BCUT2D eigenvalue weighted by Gasteiger charge is -1.99. The van der Waals surface area contributed by atoms with Gasteiger partial charge in [0.05, 0.1) is 12.2 Å². The number of carbonyl (C=O) groups excluding carboxylic acids is 1. The molecule has 3 rings (SSSR count). The summed E-state index contributed by atoms with van der Waals surface area (Å²) in [5.74, 6) is 0.359. The van der Waals surface area contributed by atoms with Gasteiger partial charge in [0.25, 0.3) is 5.91 Å². The van der Waals surface area contributed by atoms with Crippen molar-refractivity contribution < 1.29 is 4.79 Å². The summed E-state index contributed by atoms with van der Waals surface area (Å²) in [5.41, 5.74) is 2.09. The number of hydrogen-bond donors (Lipinski definition) is 3. The molecule has 0 saturated carbocycles. The van der Waals surface area contributed by atoms with Crippen molar-refractivity contribution in [3.8, 4) is 11.3 Å². The van der Waals surface area contributed by atoms with E-state index in [2.05, 4.69) is 30.7 Å². The van der Waals surface area contributed by atoms with Gasteiger partial charge in [-0.1, -0.05) is 30.3 Å². The SMILES string of the molecule is O=C(NCc1ncn[nH]1)c1cc(-c2ccccc2)n[nH]1. The molecule has 0 aliphatic rings. The smallest absolute Gasteiger partial charge is 0.269 e. The lowest BCUT2D eigenvalue weighted by atomic mass is 10.1. The molecule has 0 bridgehead atoms. The van der Waals surface area contributed by atoms with Gasteiger partial charge in [-0.2, -0.15) is 10.2 Å². The van der Waals surface area contributed by atoms with Gasteiger partial charge in [-0.05, 0) is 6.07 Å². The molecule has 7 heteroatoms. The van der Waals surface area contributed by atoms with Crippen molar-refractivity contribution in [2.24, 2.45) is 0 Å². The summed E-state index contributed by atoms with van der Waals surface area (Å²) in [6.45, 7) is 0.290. The average Bonchev–Trinajstić information content (AvgIpc) is 3.17. The molecule has 0 aliphatic carbocycles. The Labute approximate surface area is 114 Å². The van der Waals surface area contributed by atoms with Crippen LogP contribution in [0.25, 0.3) is 11.3 Å². The second kappa shape index (κ2) is 5.35. The summed E-state index contributed by atoms with van der Waals surface area (Å²) >= 11 is 0. The number of benzene rings is 1. The molecule has 0 fully saturated rings. The predicted molar refractivity (Wildman–Crippen MR) is 71.6 cm³/mol. The number of nitrogens with zero attached hydrogens (tertiary/aromatic N) is 3. The van der Waals surface area contributed by atoms with Gasteiger partial charge < -0.3 is 5.32 Å². The Morgan fingerprint density at radius 2 is 2.05 bits per heavy atom. The second-order valence-electron chi connectivity index (χ2n) is 4.15. The fourth-order valence-corrected chi connectivity index (χ4v) is 1.77. The number of H-pyrrole nitrogens is 2. The van der Waals surface area contributed by atoms with E-state index in [4.69, 9.17) is 0 Å². The van der Waals surface area contributed by atoms with Crippen molar-refractivity contribution in [3.05, 3.63) is 54.2 Å². The quantitative estimate of drug-likeness (QED) is 0.660. The summed E-state index contributed by atoms with van der Waals surface area (Å²) in [6.07, 6.45) is 1.39. The summed E-state index contributed by atoms with van der Waals surface area (Å²) in [5, 5.41) is 16.0. The van der Waals surface area contributed by atoms with Gasteiger partial charge in [-0.3, -0.25) is 15.0 Å². The molecule has 1 amide bonds. The normalized spacial score (nSPS) is 10.4. The zero-order valence-electron chi connectivity index (χ0n) is 10.5. The Morgan fingerprint density at radius 1 is 1.20 bits per heavy atom. The fourth-order valence-electron chi connectivity index (χ4n) is 1.77. The number of aromatic amines is 2. The van der Waals surface area contributed by atoms with E-state index in [0.29, 0.717) is 18.1 Å². The van der Waals surface area contributed by atoms with Crippen molar-refractivity contribution in [3.63, 3.8) is 0 Å². The van der Waals surface area contributed by atoms with Crippen LogP contribution in [0.15, 0.2) is 42.7 Å². The zero-order chi connectivity index (χ0) is 13.8. The van der Waals surface area contributed by atoms with Crippen LogP contribution in [0.3, 0.4) is 0 Å². The van der Waals surface area contributed by atoms with Crippen LogP contribution in [0.5, 0.6) is 0 Å². The fraction of sp³-hybridized carbons (Fsp3) is 0.0769. The minimum Gasteiger partial charge on any atom is -0.343 e. The van der Waals surface area contributed by atoms with Crippen LogP contribution in [0.4, 0.5) is 0 Å². The Hall–Kier alpha value is -2.96. The minimum atomic E-state index is -0.240. The van der Waals surface area contributed by atoms with Crippen LogP contribution >= 0.6 is 0 Å². The second-order valence-corrected chi connectivity index (χ2v) is 4.15. The topological polar surface area (TPSA) is 99.3 Å². The van der Waals surface area contributed by atoms with E-state index in [1.54, 1.807) is 6.07 Å². The molecular formula is C13H12N6O. The van der Waals surface area contributed by atoms with Crippen LogP contribution in [-0.2, 0) is 6.54 Å². The van der Waals surface area contributed by atoms with E-state index in [1.165, 1.54) is 6.33 Å². The van der Waals surface area contributed by atoms with Crippen LogP contribution in [0.1, 0.15) is 16.3 Å². The van der Waals surface area contributed by atoms with Gasteiger partial charge in [-0.15, -0.1) is 0 Å². The first-order valence-electron chi connectivity index (χ1n) is 6.06. The highest BCUT2D eigenvalue weighted by Gasteiger charge is 2.11. The number of rotatable bonds is 4. The molecule has 0 saturated heterocycles. The number of carbonyl (C=O) groups is 1. The lowest BCUT2D eigenvalue weighted by Crippen LogP contribution is -2.23. The maximum Gasteiger partial charge on any atom is 0.269 e. The first kappa shape index (κ1) is 12.1. The van der Waals surface area contributed by atoms with E-state index >= 15 is 0 Å². The average molecular weight is 268 g/mol. The first-order valence-corrected chi connectivity index (χ1v) is 6.06. The Bertz CT molecular complexity index is 689. The molecular weight excluding hydrogens is 256 g/mol. The Morgan fingerprint density at radius 3 is 2.80 bits per heavy atom. The van der Waals surface area contributed by atoms with Crippen molar-refractivity contribution in [1.82, 2.24) is 30.7 Å². The van der Waals surface area contributed by atoms with E-state index in [0.717, 1.165) is 11.3 Å².